The predicted octanol–water partition coefficient (Wildman–Crippen LogP) is 4.11. The highest BCUT2D eigenvalue weighted by Gasteiger charge is 2.62. The second-order valence-corrected chi connectivity index (χ2v) is 17.2. The van der Waals surface area contributed by atoms with E-state index in [4.69, 9.17) is 9.72 Å². The predicted molar refractivity (Wildman–Crippen MR) is 191 cm³/mol. The van der Waals surface area contributed by atoms with Gasteiger partial charge in [-0.05, 0) is 73.9 Å². The molecule has 2 saturated carbocycles. The zero-order chi connectivity index (χ0) is 35.2. The highest BCUT2D eigenvalue weighted by atomic mass is 32.2. The summed E-state index contributed by atoms with van der Waals surface area (Å²) in [4.78, 5) is 53.0. The summed E-state index contributed by atoms with van der Waals surface area (Å²) in [5.74, 6) is -1.80. The Labute approximate surface area is 296 Å². The average Bonchev–Trinajstić information content (AvgIpc) is 3.98. The average molecular weight is 721 g/mol. The van der Waals surface area contributed by atoms with Crippen molar-refractivity contribution in [3.05, 3.63) is 59.8 Å². The number of rotatable bonds is 7. The molecule has 2 unspecified atom stereocenters. The number of hydrogen-bond acceptors (Lipinski definition) is 10. The second-order valence-electron chi connectivity index (χ2n) is 14.4. The molecule has 1 saturated heterocycles. The van der Waals surface area contributed by atoms with E-state index < -0.39 is 56.7 Å². The minimum Gasteiger partial charge on any atom is -0.472 e. The van der Waals surface area contributed by atoms with Crippen molar-refractivity contribution in [1.29, 1.82) is 0 Å². The fraction of sp³-hybridized carbons (Fsp3) is 0.528. The van der Waals surface area contributed by atoms with E-state index in [-0.39, 0.29) is 31.2 Å². The number of aryl methyl sites for hydroxylation is 2. The molecule has 4 aliphatic rings. The van der Waals surface area contributed by atoms with E-state index in [1.54, 1.807) is 12.3 Å². The fourth-order valence-electron chi connectivity index (χ4n) is 7.12. The molecule has 3 amide bonds. The van der Waals surface area contributed by atoms with Crippen LogP contribution in [0.3, 0.4) is 0 Å². The lowest BCUT2D eigenvalue weighted by Crippen LogP contribution is -2.58. The molecule has 266 valence electrons. The van der Waals surface area contributed by atoms with E-state index in [9.17, 15) is 22.8 Å². The molecule has 0 radical (unpaired) electrons. The molecular weight excluding hydrogens is 677 g/mol. The van der Waals surface area contributed by atoms with Crippen molar-refractivity contribution in [2.24, 2.45) is 11.8 Å². The van der Waals surface area contributed by atoms with Crippen LogP contribution in [0.5, 0.6) is 5.88 Å². The second kappa shape index (κ2) is 13.6. The Morgan fingerprint density at radius 2 is 1.98 bits per heavy atom. The van der Waals surface area contributed by atoms with Gasteiger partial charge >= 0.3 is 0 Å². The number of amides is 3. The minimum absolute atomic E-state index is 0.114. The van der Waals surface area contributed by atoms with E-state index in [0.717, 1.165) is 48.6 Å². The van der Waals surface area contributed by atoms with Crippen LogP contribution in [0, 0.1) is 11.8 Å². The number of anilines is 1. The summed E-state index contributed by atoms with van der Waals surface area (Å²) in [5.41, 5.74) is 0.689. The van der Waals surface area contributed by atoms with E-state index in [0.29, 0.717) is 23.9 Å². The van der Waals surface area contributed by atoms with Crippen LogP contribution < -0.4 is 20.1 Å². The lowest BCUT2D eigenvalue weighted by molar-refractivity contribution is -0.140. The van der Waals surface area contributed by atoms with Crippen LogP contribution in [-0.2, 0) is 37.2 Å². The standard InChI is InChI=1S/C36H44N6O6S2/c1-4-24-18-36(24,34(45)41-50(46,47)27-12-13-27)40-31(43)29-17-26-19-42(29)33(44)30(21(2)3)39-35-38-25(20-49-35)9-7-5-6-8-22-10-11-23-14-15-37-32(48-26)28(23)16-22/h4,10-11,14-16,20-21,24,26-27,29-30H,1,5-9,12-13,17-19H2,2-3H3,(H,38,39)(H,40,43)(H,41,45)/t24?,26-,29+,30?,36-/m1/s1. The largest absolute Gasteiger partial charge is 0.472 e. The van der Waals surface area contributed by atoms with Crippen LogP contribution >= 0.6 is 11.3 Å². The third-order valence-electron chi connectivity index (χ3n) is 10.3. The van der Waals surface area contributed by atoms with Crippen molar-refractivity contribution in [2.75, 3.05) is 11.9 Å². The monoisotopic (exact) mass is 720 g/mol. The molecule has 12 nitrogen and oxygen atoms in total. The lowest BCUT2D eigenvalue weighted by Gasteiger charge is -2.31. The molecule has 2 aliphatic heterocycles. The van der Waals surface area contributed by atoms with Gasteiger partial charge in [-0.15, -0.1) is 17.9 Å². The number of fused-ring (bicyclic) bond motifs is 5. The van der Waals surface area contributed by atoms with Gasteiger partial charge in [0, 0.05) is 29.3 Å². The summed E-state index contributed by atoms with van der Waals surface area (Å²) in [6.45, 7) is 7.79. The van der Waals surface area contributed by atoms with E-state index in [2.05, 4.69) is 45.1 Å². The summed E-state index contributed by atoms with van der Waals surface area (Å²) in [7, 11) is -3.85. The highest BCUT2D eigenvalue weighted by molar-refractivity contribution is 7.91. The molecular formula is C36H44N6O6S2. The number of hydrogen-bond donors (Lipinski definition) is 3. The van der Waals surface area contributed by atoms with Crippen molar-refractivity contribution in [3.8, 4) is 5.88 Å². The van der Waals surface area contributed by atoms with Crippen LogP contribution in [0.1, 0.15) is 70.1 Å². The van der Waals surface area contributed by atoms with Gasteiger partial charge in [-0.3, -0.25) is 19.1 Å². The van der Waals surface area contributed by atoms with Crippen LogP contribution in [0.15, 0.2) is 48.5 Å². The number of carbonyl (C=O) groups is 3. The molecule has 6 bridgehead atoms. The number of nitrogens with zero attached hydrogens (tertiary/aromatic N) is 3. The first kappa shape index (κ1) is 34.4. The van der Waals surface area contributed by atoms with E-state index in [1.165, 1.54) is 21.8 Å². The third kappa shape index (κ3) is 6.96. The first-order chi connectivity index (χ1) is 24.0. The van der Waals surface area contributed by atoms with Crippen molar-refractivity contribution >= 4 is 55.0 Å². The van der Waals surface area contributed by atoms with Gasteiger partial charge in [-0.1, -0.05) is 38.5 Å². The van der Waals surface area contributed by atoms with Gasteiger partial charge in [0.15, 0.2) is 5.13 Å². The van der Waals surface area contributed by atoms with Crippen molar-refractivity contribution in [1.82, 2.24) is 24.9 Å². The molecule has 2 aromatic heterocycles. The summed E-state index contributed by atoms with van der Waals surface area (Å²) in [5, 5.41) is 10.1. The number of aromatic nitrogens is 2. The summed E-state index contributed by atoms with van der Waals surface area (Å²) < 4.78 is 34.1. The van der Waals surface area contributed by atoms with Gasteiger partial charge in [0.25, 0.3) is 5.91 Å². The van der Waals surface area contributed by atoms with Gasteiger partial charge in [0.2, 0.25) is 27.7 Å². The van der Waals surface area contributed by atoms with Crippen molar-refractivity contribution < 1.29 is 27.5 Å². The quantitative estimate of drug-likeness (QED) is 0.306. The molecule has 4 heterocycles. The number of ether oxygens (including phenoxy) is 1. The van der Waals surface area contributed by atoms with Gasteiger partial charge in [0.05, 0.1) is 17.5 Å². The Balaban J connectivity index is 1.21. The maximum atomic E-state index is 14.5. The Kier molecular flexibility index (Phi) is 9.35. The first-order valence-corrected chi connectivity index (χ1v) is 20.0. The number of sulfonamides is 1. The van der Waals surface area contributed by atoms with Crippen LogP contribution in [0.2, 0.25) is 0 Å². The Hall–Kier alpha value is -4.04. The zero-order valence-electron chi connectivity index (χ0n) is 28.4. The summed E-state index contributed by atoms with van der Waals surface area (Å²) >= 11 is 1.46. The Bertz CT molecular complexity index is 1930. The third-order valence-corrected chi connectivity index (χ3v) is 13.0. The Morgan fingerprint density at radius 3 is 2.72 bits per heavy atom. The molecule has 7 rings (SSSR count). The molecule has 14 heteroatoms. The van der Waals surface area contributed by atoms with Crippen LogP contribution in [-0.4, -0.2) is 76.5 Å². The number of nitrogens with one attached hydrogen (secondary N) is 3. The van der Waals surface area contributed by atoms with E-state index in [1.807, 2.05) is 25.3 Å². The molecule has 2 aliphatic carbocycles. The summed E-state index contributed by atoms with van der Waals surface area (Å²) in [6, 6.07) is 6.56. The SMILES string of the molecule is C=CC1C[C@]1(NC(=O)[C@@H]1C[C@@H]2CN1C(=O)C(C(C)C)Nc1nc(cs1)CCCCCc1ccc3ccnc(c3c1)O2)C(=O)NS(=O)(=O)C1CC1. The fourth-order valence-corrected chi connectivity index (χ4v) is 9.26. The molecule has 1 aromatic carbocycles. The maximum absolute atomic E-state index is 14.5. The number of thiazole rings is 1. The first-order valence-electron chi connectivity index (χ1n) is 17.5. The van der Waals surface area contributed by atoms with Crippen molar-refractivity contribution in [3.63, 3.8) is 0 Å². The topological polar surface area (TPSA) is 160 Å². The number of benzene rings is 1. The van der Waals surface area contributed by atoms with Gasteiger partial charge in [0.1, 0.15) is 23.7 Å². The normalized spacial score (nSPS) is 27.1. The van der Waals surface area contributed by atoms with Gasteiger partial charge in [-0.25, -0.2) is 18.4 Å². The number of carbonyl (C=O) groups excluding carboxylic acids is 3. The maximum Gasteiger partial charge on any atom is 0.259 e. The molecule has 0 spiro atoms. The van der Waals surface area contributed by atoms with E-state index >= 15 is 0 Å². The van der Waals surface area contributed by atoms with Gasteiger partial charge in [-0.2, -0.15) is 0 Å². The zero-order valence-corrected chi connectivity index (χ0v) is 30.0. The number of pyridine rings is 1. The molecule has 5 atom stereocenters. The van der Waals surface area contributed by atoms with Gasteiger partial charge < -0.3 is 20.3 Å². The highest BCUT2D eigenvalue weighted by Crippen LogP contribution is 2.45. The molecule has 3 aromatic rings. The van der Waals surface area contributed by atoms with Crippen LogP contribution in [0.4, 0.5) is 5.13 Å². The Morgan fingerprint density at radius 1 is 1.18 bits per heavy atom. The smallest absolute Gasteiger partial charge is 0.259 e. The summed E-state index contributed by atoms with van der Waals surface area (Å²) in [6.07, 6.45) is 8.88. The molecule has 3 fully saturated rings. The van der Waals surface area contributed by atoms with Crippen LogP contribution in [0.25, 0.3) is 10.8 Å². The molecule has 50 heavy (non-hydrogen) atoms. The lowest BCUT2D eigenvalue weighted by atomic mass is 10.0. The minimum atomic E-state index is -3.85. The molecule has 3 N–H and O–H groups in total. The van der Waals surface area contributed by atoms with Crippen molar-refractivity contribution in [2.45, 2.75) is 101 Å².